The maximum Gasteiger partial charge on any atom is 0.338 e. The van der Waals surface area contributed by atoms with Crippen LogP contribution in [0.5, 0.6) is 11.5 Å². The first kappa shape index (κ1) is 31.5. The van der Waals surface area contributed by atoms with Crippen LogP contribution in [-0.4, -0.2) is 78.2 Å². The fourth-order valence-corrected chi connectivity index (χ4v) is 4.54. The standard InChI is InChI=1S/C30H32N4O10/c1-14-24(37)33-21(28(40)42-5)13-43-27(39)16-10-11-18-20(12-16)23(19-9-7-6-8-17(19)22(18)36)44-26(32-15(2)35)25(38)34-30(3,4)29(41)31-14/h6-12,14,21,26,36H,13H2,1-5H3,(H,31,41)(H,32,35)(H,33,37)(H,34,38)/t14-,21-,26?/m0/s1. The molecule has 0 aromatic heterocycles. The van der Waals surface area contributed by atoms with E-state index in [2.05, 4.69) is 21.3 Å². The van der Waals surface area contributed by atoms with Crippen molar-refractivity contribution in [2.24, 2.45) is 0 Å². The number of carbonyl (C=O) groups excluding carboxylic acids is 6. The molecule has 14 nitrogen and oxygen atoms in total. The summed E-state index contributed by atoms with van der Waals surface area (Å²) >= 11 is 0. The number of amides is 4. The van der Waals surface area contributed by atoms with Crippen molar-refractivity contribution in [3.63, 3.8) is 0 Å². The van der Waals surface area contributed by atoms with Crippen LogP contribution in [0.1, 0.15) is 38.1 Å². The molecule has 4 amide bonds. The zero-order valence-corrected chi connectivity index (χ0v) is 24.6. The molecule has 1 unspecified atom stereocenters. The van der Waals surface area contributed by atoms with Gasteiger partial charge in [0.1, 0.15) is 29.7 Å². The summed E-state index contributed by atoms with van der Waals surface area (Å²) in [7, 11) is 1.09. The predicted octanol–water partition coefficient (Wildman–Crippen LogP) is 0.767. The number of rotatable bonds is 2. The van der Waals surface area contributed by atoms with Crippen LogP contribution in [0.25, 0.3) is 21.5 Å². The second-order valence-corrected chi connectivity index (χ2v) is 10.7. The number of phenolic OH excluding ortho intramolecular Hbond substituents is 1. The van der Waals surface area contributed by atoms with E-state index in [1.54, 1.807) is 24.3 Å². The number of hydrogen-bond donors (Lipinski definition) is 5. The van der Waals surface area contributed by atoms with Crippen molar-refractivity contribution < 1.29 is 48.1 Å². The zero-order valence-electron chi connectivity index (χ0n) is 24.6. The lowest BCUT2D eigenvalue weighted by atomic mass is 9.98. The highest BCUT2D eigenvalue weighted by molar-refractivity contribution is 6.12. The lowest BCUT2D eigenvalue weighted by Gasteiger charge is -2.30. The molecule has 4 rings (SSSR count). The van der Waals surface area contributed by atoms with Crippen LogP contribution < -0.4 is 26.0 Å². The Hall–Kier alpha value is -5.40. The van der Waals surface area contributed by atoms with E-state index in [0.29, 0.717) is 10.8 Å². The van der Waals surface area contributed by atoms with Gasteiger partial charge in [0.15, 0.2) is 6.04 Å². The fourth-order valence-electron chi connectivity index (χ4n) is 4.54. The predicted molar refractivity (Wildman–Crippen MR) is 155 cm³/mol. The van der Waals surface area contributed by atoms with Gasteiger partial charge in [0, 0.05) is 28.5 Å². The normalized spacial score (nSPS) is 21.2. The van der Waals surface area contributed by atoms with Crippen molar-refractivity contribution in [3.05, 3.63) is 48.0 Å². The van der Waals surface area contributed by atoms with Gasteiger partial charge in [-0.05, 0) is 39.0 Å². The Morgan fingerprint density at radius 2 is 1.64 bits per heavy atom. The van der Waals surface area contributed by atoms with Crippen LogP contribution in [0.3, 0.4) is 0 Å². The first-order valence-corrected chi connectivity index (χ1v) is 13.5. The molecule has 0 saturated carbocycles. The van der Waals surface area contributed by atoms with Gasteiger partial charge in [0.2, 0.25) is 17.7 Å². The first-order chi connectivity index (χ1) is 20.7. The molecule has 3 aromatic carbocycles. The molecule has 0 aliphatic carbocycles. The molecule has 1 aliphatic rings. The van der Waals surface area contributed by atoms with Crippen molar-refractivity contribution in [2.45, 2.75) is 51.5 Å². The van der Waals surface area contributed by atoms with Crippen molar-refractivity contribution in [2.75, 3.05) is 13.7 Å². The number of methoxy groups -OCH3 is 1. The Kier molecular flexibility index (Phi) is 8.92. The molecule has 5 N–H and O–H groups in total. The number of cyclic esters (lactones) is 1. The minimum absolute atomic E-state index is 0.0182. The van der Waals surface area contributed by atoms with E-state index < -0.39 is 66.0 Å². The second-order valence-electron chi connectivity index (χ2n) is 10.7. The maximum atomic E-state index is 13.5. The van der Waals surface area contributed by atoms with Gasteiger partial charge >= 0.3 is 11.9 Å². The van der Waals surface area contributed by atoms with Crippen LogP contribution in [-0.2, 0) is 33.4 Å². The summed E-state index contributed by atoms with van der Waals surface area (Å²) < 4.78 is 16.2. The Morgan fingerprint density at radius 3 is 2.30 bits per heavy atom. The highest BCUT2D eigenvalue weighted by Crippen LogP contribution is 2.42. The molecular formula is C30H32N4O10. The van der Waals surface area contributed by atoms with E-state index >= 15 is 0 Å². The van der Waals surface area contributed by atoms with Crippen LogP contribution in [0.2, 0.25) is 0 Å². The molecule has 1 aliphatic heterocycles. The van der Waals surface area contributed by atoms with Crippen molar-refractivity contribution in [1.82, 2.24) is 21.3 Å². The number of fused-ring (bicyclic) bond motifs is 3. The minimum Gasteiger partial charge on any atom is -0.507 e. The van der Waals surface area contributed by atoms with Crippen LogP contribution in [0.15, 0.2) is 42.5 Å². The smallest absolute Gasteiger partial charge is 0.338 e. The van der Waals surface area contributed by atoms with E-state index in [0.717, 1.165) is 7.11 Å². The molecule has 0 spiro atoms. The SMILES string of the molecule is COC(=O)[C@@H]1COC(=O)c2ccc3c(O)c4ccccc4c(c3c2)OC(NC(C)=O)C(=O)NC(C)(C)C(=O)N[C@@H](C)C(=O)N1. The van der Waals surface area contributed by atoms with Crippen molar-refractivity contribution in [3.8, 4) is 11.5 Å². The summed E-state index contributed by atoms with van der Waals surface area (Å²) in [5, 5.41) is 22.0. The quantitative estimate of drug-likeness (QED) is 0.205. The third-order valence-electron chi connectivity index (χ3n) is 6.92. The topological polar surface area (TPSA) is 198 Å². The number of aromatic hydroxyl groups is 1. The average molecular weight is 609 g/mol. The molecule has 14 heteroatoms. The lowest BCUT2D eigenvalue weighted by molar-refractivity contribution is -0.146. The summed E-state index contributed by atoms with van der Waals surface area (Å²) in [6.45, 7) is 4.67. The number of benzene rings is 3. The van der Waals surface area contributed by atoms with Gasteiger partial charge in [0.05, 0.1) is 12.7 Å². The van der Waals surface area contributed by atoms with E-state index in [1.165, 1.54) is 45.9 Å². The third-order valence-corrected chi connectivity index (χ3v) is 6.92. The number of carbonyl (C=O) groups is 6. The molecule has 232 valence electrons. The molecule has 0 radical (unpaired) electrons. The Labute approximate surface area is 251 Å². The Balaban J connectivity index is 1.91. The van der Waals surface area contributed by atoms with E-state index in [-0.39, 0.29) is 27.8 Å². The number of esters is 2. The van der Waals surface area contributed by atoms with E-state index in [4.69, 9.17) is 14.2 Å². The highest BCUT2D eigenvalue weighted by Gasteiger charge is 2.36. The van der Waals surface area contributed by atoms with Crippen molar-refractivity contribution >= 4 is 57.1 Å². The van der Waals surface area contributed by atoms with Gasteiger partial charge < -0.3 is 40.6 Å². The van der Waals surface area contributed by atoms with Gasteiger partial charge in [-0.25, -0.2) is 9.59 Å². The zero-order chi connectivity index (χ0) is 32.3. The molecule has 3 aromatic rings. The minimum atomic E-state index is -1.67. The van der Waals surface area contributed by atoms with Crippen LogP contribution in [0.4, 0.5) is 0 Å². The van der Waals surface area contributed by atoms with Gasteiger partial charge in [-0.15, -0.1) is 0 Å². The molecule has 2 bridgehead atoms. The summed E-state index contributed by atoms with van der Waals surface area (Å²) in [5.74, 6) is -5.01. The lowest BCUT2D eigenvalue weighted by Crippen LogP contribution is -2.62. The molecule has 0 saturated heterocycles. The number of hydrogen-bond acceptors (Lipinski definition) is 10. The largest absolute Gasteiger partial charge is 0.507 e. The fraction of sp³-hybridized carbons (Fsp3) is 0.333. The highest BCUT2D eigenvalue weighted by atomic mass is 16.5. The van der Waals surface area contributed by atoms with Gasteiger partial charge in [-0.1, -0.05) is 24.3 Å². The summed E-state index contributed by atoms with van der Waals surface area (Å²) in [5.41, 5.74) is -1.64. The van der Waals surface area contributed by atoms with Crippen LogP contribution in [0, 0.1) is 0 Å². The summed E-state index contributed by atoms with van der Waals surface area (Å²) in [6.07, 6.45) is -1.67. The van der Waals surface area contributed by atoms with Crippen molar-refractivity contribution in [1.29, 1.82) is 0 Å². The molecule has 3 atom stereocenters. The van der Waals surface area contributed by atoms with Gasteiger partial charge in [-0.2, -0.15) is 0 Å². The number of phenols is 1. The Bertz CT molecular complexity index is 1690. The monoisotopic (exact) mass is 608 g/mol. The maximum absolute atomic E-state index is 13.5. The molecule has 0 fully saturated rings. The van der Waals surface area contributed by atoms with E-state index in [9.17, 15) is 33.9 Å². The second kappa shape index (κ2) is 12.5. The van der Waals surface area contributed by atoms with E-state index in [1.807, 2.05) is 0 Å². The molecule has 1 heterocycles. The average Bonchev–Trinajstić information content (AvgIpc) is 2.98. The third kappa shape index (κ3) is 6.48. The summed E-state index contributed by atoms with van der Waals surface area (Å²) in [4.78, 5) is 77.1. The number of nitrogens with one attached hydrogen (secondary N) is 4. The number of ether oxygens (including phenoxy) is 3. The first-order valence-electron chi connectivity index (χ1n) is 13.5. The molecular weight excluding hydrogens is 576 g/mol. The Morgan fingerprint density at radius 1 is 0.977 bits per heavy atom. The summed E-state index contributed by atoms with van der Waals surface area (Å²) in [6, 6.07) is 8.17. The molecule has 44 heavy (non-hydrogen) atoms. The van der Waals surface area contributed by atoms with Gasteiger partial charge in [0.25, 0.3) is 12.1 Å². The van der Waals surface area contributed by atoms with Gasteiger partial charge in [-0.3, -0.25) is 19.2 Å². The van der Waals surface area contributed by atoms with Crippen LogP contribution >= 0.6 is 0 Å².